The minimum Gasteiger partial charge on any atom is -0.497 e. The number of methoxy groups -OCH3 is 2. The Hall–Kier alpha value is -3.02. The van der Waals surface area contributed by atoms with Crippen molar-refractivity contribution in [1.82, 2.24) is 14.7 Å². The van der Waals surface area contributed by atoms with Gasteiger partial charge in [-0.3, -0.25) is 4.79 Å². The zero-order valence-corrected chi connectivity index (χ0v) is 13.9. The fourth-order valence-corrected chi connectivity index (χ4v) is 2.53. The molecule has 0 aliphatic heterocycles. The van der Waals surface area contributed by atoms with Crippen molar-refractivity contribution in [3.8, 4) is 11.5 Å². The van der Waals surface area contributed by atoms with E-state index in [9.17, 15) is 4.79 Å². The van der Waals surface area contributed by atoms with E-state index in [1.807, 2.05) is 41.8 Å². The Morgan fingerprint density at radius 2 is 2.08 bits per heavy atom. The summed E-state index contributed by atoms with van der Waals surface area (Å²) in [5, 5.41) is 2.87. The molecule has 0 spiro atoms. The van der Waals surface area contributed by atoms with E-state index >= 15 is 0 Å². The first-order valence-electron chi connectivity index (χ1n) is 7.56. The molecule has 3 aromatic rings. The van der Waals surface area contributed by atoms with Crippen LogP contribution >= 0.6 is 0 Å². The third kappa shape index (κ3) is 3.03. The smallest absolute Gasteiger partial charge is 0.271 e. The highest BCUT2D eigenvalue weighted by atomic mass is 16.5. The van der Waals surface area contributed by atoms with Gasteiger partial charge >= 0.3 is 0 Å². The maximum atomic E-state index is 12.4. The summed E-state index contributed by atoms with van der Waals surface area (Å²) in [4.78, 5) is 16.8. The van der Waals surface area contributed by atoms with Crippen molar-refractivity contribution in [3.05, 3.63) is 59.5 Å². The highest BCUT2D eigenvalue weighted by Crippen LogP contribution is 2.24. The van der Waals surface area contributed by atoms with Crippen LogP contribution in [0.1, 0.15) is 21.6 Å². The van der Waals surface area contributed by atoms with Crippen molar-refractivity contribution >= 4 is 11.6 Å². The van der Waals surface area contributed by atoms with E-state index in [0.29, 0.717) is 23.7 Å². The molecule has 0 bridgehead atoms. The number of benzene rings is 1. The van der Waals surface area contributed by atoms with Gasteiger partial charge in [-0.1, -0.05) is 6.07 Å². The number of pyridine rings is 1. The molecule has 0 saturated heterocycles. The summed E-state index contributed by atoms with van der Waals surface area (Å²) in [7, 11) is 3.19. The molecular weight excluding hydrogens is 306 g/mol. The standard InChI is InChI=1S/C18H19N3O3/c1-12-5-4-8-21-11-15(20-17(12)21)18(22)19-10-13-6-7-14(23-2)9-16(13)24-3/h4-9,11H,10H2,1-3H3,(H,19,22). The number of carbonyl (C=O) groups is 1. The number of aryl methyl sites for hydroxylation is 1. The number of carbonyl (C=O) groups excluding carboxylic acids is 1. The van der Waals surface area contributed by atoms with E-state index < -0.39 is 0 Å². The average molecular weight is 325 g/mol. The Balaban J connectivity index is 1.76. The summed E-state index contributed by atoms with van der Waals surface area (Å²) in [5.41, 5.74) is 3.06. The van der Waals surface area contributed by atoms with Crippen molar-refractivity contribution in [2.75, 3.05) is 14.2 Å². The minimum atomic E-state index is -0.226. The lowest BCUT2D eigenvalue weighted by Gasteiger charge is -2.10. The van der Waals surface area contributed by atoms with Gasteiger partial charge in [-0.05, 0) is 30.7 Å². The molecular formula is C18H19N3O3. The van der Waals surface area contributed by atoms with E-state index in [4.69, 9.17) is 9.47 Å². The number of nitrogens with one attached hydrogen (secondary N) is 1. The monoisotopic (exact) mass is 325 g/mol. The zero-order valence-electron chi connectivity index (χ0n) is 13.9. The van der Waals surface area contributed by atoms with Crippen LogP contribution < -0.4 is 14.8 Å². The first-order valence-corrected chi connectivity index (χ1v) is 7.56. The second kappa shape index (κ2) is 6.62. The van der Waals surface area contributed by atoms with Gasteiger partial charge in [0.05, 0.1) is 14.2 Å². The lowest BCUT2D eigenvalue weighted by Crippen LogP contribution is -2.23. The Labute approximate surface area is 140 Å². The second-order valence-electron chi connectivity index (χ2n) is 5.41. The number of amides is 1. The number of hydrogen-bond donors (Lipinski definition) is 1. The minimum absolute atomic E-state index is 0.226. The molecule has 1 N–H and O–H groups in total. The second-order valence-corrected chi connectivity index (χ2v) is 5.41. The molecule has 0 aliphatic rings. The van der Waals surface area contributed by atoms with Gasteiger partial charge in [0.15, 0.2) is 0 Å². The van der Waals surface area contributed by atoms with Crippen molar-refractivity contribution in [3.63, 3.8) is 0 Å². The lowest BCUT2D eigenvalue weighted by atomic mass is 10.2. The van der Waals surface area contributed by atoms with Crippen LogP contribution in [0.4, 0.5) is 0 Å². The zero-order chi connectivity index (χ0) is 17.1. The normalized spacial score (nSPS) is 10.6. The molecule has 0 saturated carbocycles. The fraction of sp³-hybridized carbons (Fsp3) is 0.222. The molecule has 2 heterocycles. The highest BCUT2D eigenvalue weighted by molar-refractivity contribution is 5.93. The predicted molar refractivity (Wildman–Crippen MR) is 90.6 cm³/mol. The summed E-state index contributed by atoms with van der Waals surface area (Å²) < 4.78 is 12.4. The maximum absolute atomic E-state index is 12.4. The van der Waals surface area contributed by atoms with Gasteiger partial charge in [0, 0.05) is 30.6 Å². The topological polar surface area (TPSA) is 64.9 Å². The molecule has 124 valence electrons. The number of hydrogen-bond acceptors (Lipinski definition) is 4. The van der Waals surface area contributed by atoms with Crippen LogP contribution in [-0.4, -0.2) is 29.5 Å². The summed E-state index contributed by atoms with van der Waals surface area (Å²) >= 11 is 0. The quantitative estimate of drug-likeness (QED) is 0.783. The SMILES string of the molecule is COc1ccc(CNC(=O)c2cn3cccc(C)c3n2)c(OC)c1. The van der Waals surface area contributed by atoms with Crippen LogP contribution in [0.5, 0.6) is 11.5 Å². The van der Waals surface area contributed by atoms with Crippen molar-refractivity contribution in [2.24, 2.45) is 0 Å². The van der Waals surface area contributed by atoms with Crippen LogP contribution in [0, 0.1) is 6.92 Å². The van der Waals surface area contributed by atoms with Gasteiger partial charge in [0.1, 0.15) is 22.8 Å². The van der Waals surface area contributed by atoms with Gasteiger partial charge < -0.3 is 19.2 Å². The molecule has 0 aliphatic carbocycles. The number of nitrogens with zero attached hydrogens (tertiary/aromatic N) is 2. The number of ether oxygens (including phenoxy) is 2. The third-order valence-corrected chi connectivity index (χ3v) is 3.84. The van der Waals surface area contributed by atoms with E-state index in [-0.39, 0.29) is 5.91 Å². The van der Waals surface area contributed by atoms with Gasteiger partial charge in [0.25, 0.3) is 5.91 Å². The third-order valence-electron chi connectivity index (χ3n) is 3.84. The molecule has 24 heavy (non-hydrogen) atoms. The molecule has 0 radical (unpaired) electrons. The van der Waals surface area contributed by atoms with Crippen molar-refractivity contribution in [2.45, 2.75) is 13.5 Å². The first-order chi connectivity index (χ1) is 11.6. The largest absolute Gasteiger partial charge is 0.497 e. The van der Waals surface area contributed by atoms with Gasteiger partial charge in [-0.25, -0.2) is 4.98 Å². The van der Waals surface area contributed by atoms with Gasteiger partial charge in [-0.2, -0.15) is 0 Å². The summed E-state index contributed by atoms with van der Waals surface area (Å²) in [5.74, 6) is 1.15. The summed E-state index contributed by atoms with van der Waals surface area (Å²) in [6.45, 7) is 2.31. The van der Waals surface area contributed by atoms with Crippen molar-refractivity contribution < 1.29 is 14.3 Å². The number of fused-ring (bicyclic) bond motifs is 1. The van der Waals surface area contributed by atoms with E-state index in [0.717, 1.165) is 16.8 Å². The first kappa shape index (κ1) is 15.9. The Bertz CT molecular complexity index is 886. The lowest BCUT2D eigenvalue weighted by molar-refractivity contribution is 0.0946. The molecule has 0 fully saturated rings. The Morgan fingerprint density at radius 3 is 2.79 bits per heavy atom. The van der Waals surface area contributed by atoms with Gasteiger partial charge in [0.2, 0.25) is 0 Å². The average Bonchev–Trinajstić information content (AvgIpc) is 3.05. The van der Waals surface area contributed by atoms with Crippen molar-refractivity contribution in [1.29, 1.82) is 0 Å². The molecule has 2 aromatic heterocycles. The molecule has 3 rings (SSSR count). The van der Waals surface area contributed by atoms with Crippen LogP contribution in [0.15, 0.2) is 42.7 Å². The van der Waals surface area contributed by atoms with Crippen LogP contribution in [0.2, 0.25) is 0 Å². The molecule has 6 heteroatoms. The highest BCUT2D eigenvalue weighted by Gasteiger charge is 2.13. The van der Waals surface area contributed by atoms with Crippen LogP contribution in [0.25, 0.3) is 5.65 Å². The fourth-order valence-electron chi connectivity index (χ4n) is 2.53. The molecule has 0 unspecified atom stereocenters. The number of rotatable bonds is 5. The predicted octanol–water partition coefficient (Wildman–Crippen LogP) is 2.59. The van der Waals surface area contributed by atoms with E-state index in [1.165, 1.54) is 0 Å². The van der Waals surface area contributed by atoms with E-state index in [2.05, 4.69) is 10.3 Å². The van der Waals surface area contributed by atoms with Gasteiger partial charge in [-0.15, -0.1) is 0 Å². The maximum Gasteiger partial charge on any atom is 0.271 e. The van der Waals surface area contributed by atoms with E-state index in [1.54, 1.807) is 26.5 Å². The Kier molecular flexibility index (Phi) is 4.37. The molecule has 1 aromatic carbocycles. The molecule has 6 nitrogen and oxygen atoms in total. The summed E-state index contributed by atoms with van der Waals surface area (Å²) in [6.07, 6.45) is 3.60. The number of aromatic nitrogens is 2. The van der Waals surface area contributed by atoms with Crippen LogP contribution in [0.3, 0.4) is 0 Å². The molecule has 1 amide bonds. The number of imidazole rings is 1. The summed E-state index contributed by atoms with van der Waals surface area (Å²) in [6, 6.07) is 9.37. The molecule has 0 atom stereocenters. The van der Waals surface area contributed by atoms with Crippen LogP contribution in [-0.2, 0) is 6.54 Å². The Morgan fingerprint density at radius 1 is 1.25 bits per heavy atom.